The molecule has 0 atom stereocenters. The van der Waals surface area contributed by atoms with Crippen LogP contribution in [0.25, 0.3) is 0 Å². The van der Waals surface area contributed by atoms with Crippen LogP contribution in [0.2, 0.25) is 0 Å². The summed E-state index contributed by atoms with van der Waals surface area (Å²) in [5.41, 5.74) is 0.106. The van der Waals surface area contributed by atoms with Gasteiger partial charge in [-0.05, 0) is 33.6 Å². The van der Waals surface area contributed by atoms with Crippen molar-refractivity contribution < 1.29 is 14.3 Å². The summed E-state index contributed by atoms with van der Waals surface area (Å²) in [6, 6.07) is 1.63. The van der Waals surface area contributed by atoms with Crippen LogP contribution in [0.3, 0.4) is 0 Å². The number of carbonyl (C=O) groups is 1. The van der Waals surface area contributed by atoms with Gasteiger partial charge >= 0.3 is 0 Å². The summed E-state index contributed by atoms with van der Waals surface area (Å²) in [6.45, 7) is 5.80. The van der Waals surface area contributed by atoms with Gasteiger partial charge in [-0.1, -0.05) is 0 Å². The molecular formula is C14H20N2O3. The average Bonchev–Trinajstić information content (AvgIpc) is 3.12. The van der Waals surface area contributed by atoms with E-state index in [0.717, 1.165) is 12.8 Å². The van der Waals surface area contributed by atoms with Crippen LogP contribution in [0.15, 0.2) is 12.3 Å². The lowest BCUT2D eigenvalue weighted by atomic mass is 10.2. The maximum Gasteiger partial charge on any atom is 0.255 e. The molecule has 0 unspecified atom stereocenters. The molecule has 1 aliphatic carbocycles. The molecule has 5 heteroatoms. The smallest absolute Gasteiger partial charge is 0.255 e. The number of nitrogens with zero attached hydrogens (tertiary/aromatic N) is 1. The van der Waals surface area contributed by atoms with E-state index in [-0.39, 0.29) is 17.6 Å². The van der Waals surface area contributed by atoms with E-state index < -0.39 is 0 Å². The Labute approximate surface area is 113 Å². The minimum absolute atomic E-state index is 0.197. The van der Waals surface area contributed by atoms with Crippen LogP contribution in [0.5, 0.6) is 11.6 Å². The van der Waals surface area contributed by atoms with Gasteiger partial charge < -0.3 is 14.8 Å². The van der Waals surface area contributed by atoms with Crippen molar-refractivity contribution in [3.8, 4) is 11.6 Å². The summed E-state index contributed by atoms with van der Waals surface area (Å²) in [6.07, 6.45) is 3.85. The van der Waals surface area contributed by atoms with Gasteiger partial charge in [0.1, 0.15) is 5.60 Å². The first-order valence-corrected chi connectivity index (χ1v) is 6.47. The molecule has 19 heavy (non-hydrogen) atoms. The lowest BCUT2D eigenvalue weighted by Gasteiger charge is -2.21. The number of hydrogen-bond acceptors (Lipinski definition) is 4. The Balaban J connectivity index is 2.26. The molecule has 0 aromatic carbocycles. The third-order valence-electron chi connectivity index (χ3n) is 2.54. The zero-order chi connectivity index (χ0) is 14.0. The molecule has 0 spiro atoms. The molecule has 1 N–H and O–H groups in total. The molecule has 2 rings (SSSR count). The van der Waals surface area contributed by atoms with Crippen molar-refractivity contribution in [2.24, 2.45) is 0 Å². The number of pyridine rings is 1. The molecule has 0 radical (unpaired) electrons. The van der Waals surface area contributed by atoms with E-state index >= 15 is 0 Å². The van der Waals surface area contributed by atoms with Crippen molar-refractivity contribution in [1.29, 1.82) is 0 Å². The summed E-state index contributed by atoms with van der Waals surface area (Å²) in [4.78, 5) is 16.1. The molecule has 1 aromatic heterocycles. The fraction of sp³-hybridized carbons (Fsp3) is 0.571. The predicted octanol–water partition coefficient (Wildman–Crippen LogP) is 2.16. The molecular weight excluding hydrogens is 244 g/mol. The summed E-state index contributed by atoms with van der Waals surface area (Å²) < 4.78 is 11.4. The Bertz CT molecular complexity index is 476. The van der Waals surface area contributed by atoms with E-state index in [1.54, 1.807) is 19.3 Å². The number of carbonyl (C=O) groups excluding carboxylic acids is 1. The Morgan fingerprint density at radius 2 is 2.11 bits per heavy atom. The molecule has 1 fully saturated rings. The molecule has 0 aliphatic heterocycles. The monoisotopic (exact) mass is 264 g/mol. The lowest BCUT2D eigenvalue weighted by Crippen LogP contribution is -2.24. The highest BCUT2D eigenvalue weighted by atomic mass is 16.5. The van der Waals surface area contributed by atoms with E-state index in [1.807, 2.05) is 20.8 Å². The number of ether oxygens (including phenoxy) is 2. The first-order chi connectivity index (χ1) is 8.89. The second-order valence-electron chi connectivity index (χ2n) is 5.63. The van der Waals surface area contributed by atoms with E-state index in [1.165, 1.54) is 0 Å². The van der Waals surface area contributed by atoms with E-state index in [0.29, 0.717) is 17.2 Å². The highest BCUT2D eigenvalue weighted by Gasteiger charge is 2.26. The van der Waals surface area contributed by atoms with Gasteiger partial charge in [-0.25, -0.2) is 4.98 Å². The summed E-state index contributed by atoms with van der Waals surface area (Å²) in [5, 5.41) is 2.60. The highest BCUT2D eigenvalue weighted by molar-refractivity contribution is 5.96. The fourth-order valence-corrected chi connectivity index (χ4v) is 1.56. The molecule has 1 aliphatic rings. The topological polar surface area (TPSA) is 60.5 Å². The van der Waals surface area contributed by atoms with Crippen molar-refractivity contribution in [2.45, 2.75) is 45.3 Å². The van der Waals surface area contributed by atoms with Crippen molar-refractivity contribution in [3.63, 3.8) is 0 Å². The maximum atomic E-state index is 11.9. The zero-order valence-corrected chi connectivity index (χ0v) is 11.8. The Morgan fingerprint density at radius 3 is 2.63 bits per heavy atom. The van der Waals surface area contributed by atoms with Crippen molar-refractivity contribution in [1.82, 2.24) is 10.3 Å². The van der Waals surface area contributed by atoms with Crippen molar-refractivity contribution in [2.75, 3.05) is 7.05 Å². The molecule has 104 valence electrons. The van der Waals surface area contributed by atoms with Gasteiger partial charge in [-0.2, -0.15) is 0 Å². The van der Waals surface area contributed by atoms with Crippen LogP contribution in [0.1, 0.15) is 44.0 Å². The highest BCUT2D eigenvalue weighted by Crippen LogP contribution is 2.30. The van der Waals surface area contributed by atoms with Gasteiger partial charge in [-0.15, -0.1) is 0 Å². The number of rotatable bonds is 4. The van der Waals surface area contributed by atoms with Crippen LogP contribution >= 0.6 is 0 Å². The molecule has 1 aromatic rings. The SMILES string of the molecule is CNC(=O)c1cc(OC(C)(C)C)ncc1OC1CC1. The Hall–Kier alpha value is -1.78. The van der Waals surface area contributed by atoms with Gasteiger partial charge in [0.05, 0.1) is 17.9 Å². The van der Waals surface area contributed by atoms with Crippen LogP contribution in [-0.4, -0.2) is 29.6 Å². The van der Waals surface area contributed by atoms with E-state index in [2.05, 4.69) is 10.3 Å². The molecule has 1 saturated carbocycles. The maximum absolute atomic E-state index is 11.9. The minimum atomic E-state index is -0.355. The molecule has 1 heterocycles. The van der Waals surface area contributed by atoms with Crippen LogP contribution in [-0.2, 0) is 0 Å². The van der Waals surface area contributed by atoms with Gasteiger partial charge in [0.2, 0.25) is 5.88 Å². The summed E-state index contributed by atoms with van der Waals surface area (Å²) in [5.74, 6) is 0.745. The van der Waals surface area contributed by atoms with Gasteiger partial charge in [0, 0.05) is 13.1 Å². The Kier molecular flexibility index (Phi) is 3.64. The quantitative estimate of drug-likeness (QED) is 0.905. The average molecular weight is 264 g/mol. The van der Waals surface area contributed by atoms with Crippen LogP contribution < -0.4 is 14.8 Å². The fourth-order valence-electron chi connectivity index (χ4n) is 1.56. The first kappa shape index (κ1) is 13.6. The second-order valence-corrected chi connectivity index (χ2v) is 5.63. The summed E-state index contributed by atoms with van der Waals surface area (Å²) in [7, 11) is 1.59. The van der Waals surface area contributed by atoms with Gasteiger partial charge in [0.15, 0.2) is 5.75 Å². The Morgan fingerprint density at radius 1 is 1.42 bits per heavy atom. The second kappa shape index (κ2) is 5.07. The summed E-state index contributed by atoms with van der Waals surface area (Å²) >= 11 is 0. The van der Waals surface area contributed by atoms with Crippen molar-refractivity contribution >= 4 is 5.91 Å². The largest absolute Gasteiger partial charge is 0.488 e. The zero-order valence-electron chi connectivity index (χ0n) is 11.8. The van der Waals surface area contributed by atoms with Crippen molar-refractivity contribution in [3.05, 3.63) is 17.8 Å². The van der Waals surface area contributed by atoms with Crippen LogP contribution in [0, 0.1) is 0 Å². The number of hydrogen-bond donors (Lipinski definition) is 1. The molecule has 5 nitrogen and oxygen atoms in total. The van der Waals surface area contributed by atoms with Gasteiger partial charge in [0.25, 0.3) is 5.91 Å². The third-order valence-corrected chi connectivity index (χ3v) is 2.54. The first-order valence-electron chi connectivity index (χ1n) is 6.47. The normalized spacial score (nSPS) is 14.9. The van der Waals surface area contributed by atoms with E-state index in [9.17, 15) is 4.79 Å². The third kappa shape index (κ3) is 3.84. The van der Waals surface area contributed by atoms with Crippen LogP contribution in [0.4, 0.5) is 0 Å². The van der Waals surface area contributed by atoms with Gasteiger partial charge in [-0.3, -0.25) is 4.79 Å². The molecule has 1 amide bonds. The van der Waals surface area contributed by atoms with E-state index in [4.69, 9.17) is 9.47 Å². The number of nitrogens with one attached hydrogen (secondary N) is 1. The number of aromatic nitrogens is 1. The standard InChI is InChI=1S/C14H20N2O3/c1-14(2,3)19-12-7-10(13(17)15-4)11(8-16-12)18-9-5-6-9/h7-9H,5-6H2,1-4H3,(H,15,17). The predicted molar refractivity (Wildman–Crippen MR) is 71.7 cm³/mol. The minimum Gasteiger partial charge on any atom is -0.488 e. The number of amides is 1. The lowest BCUT2D eigenvalue weighted by molar-refractivity contribution is 0.0953. The molecule has 0 saturated heterocycles. The molecule has 0 bridgehead atoms.